The van der Waals surface area contributed by atoms with Crippen molar-refractivity contribution in [3.8, 4) is 0 Å². The third-order valence-electron chi connectivity index (χ3n) is 3.22. The van der Waals surface area contributed by atoms with Gasteiger partial charge < -0.3 is 0 Å². The Labute approximate surface area is 110 Å². The Kier molecular flexibility index (Phi) is 2.96. The van der Waals surface area contributed by atoms with E-state index in [-0.39, 0.29) is 17.0 Å². The molecular formula is C15H23N3. The fourth-order valence-corrected chi connectivity index (χ4v) is 1.92. The van der Waals surface area contributed by atoms with E-state index >= 15 is 0 Å². The van der Waals surface area contributed by atoms with E-state index in [9.17, 15) is 0 Å². The summed E-state index contributed by atoms with van der Waals surface area (Å²) in [5, 5.41) is 6.37. The molecule has 2 aliphatic heterocycles. The lowest BCUT2D eigenvalue weighted by atomic mass is 9.85. The molecule has 0 aromatic rings. The van der Waals surface area contributed by atoms with E-state index in [4.69, 9.17) is 4.99 Å². The highest BCUT2D eigenvalue weighted by molar-refractivity contribution is 5.99. The van der Waals surface area contributed by atoms with Crippen molar-refractivity contribution in [3.63, 3.8) is 0 Å². The van der Waals surface area contributed by atoms with E-state index in [0.717, 1.165) is 5.71 Å². The van der Waals surface area contributed by atoms with Crippen molar-refractivity contribution in [2.75, 3.05) is 0 Å². The maximum absolute atomic E-state index is 4.80. The first-order valence-electron chi connectivity index (χ1n) is 6.49. The molecule has 1 atom stereocenters. The molecule has 1 unspecified atom stereocenters. The number of hydrogen-bond donors (Lipinski definition) is 0. The van der Waals surface area contributed by atoms with E-state index in [1.54, 1.807) is 0 Å². The Balaban J connectivity index is 2.31. The summed E-state index contributed by atoms with van der Waals surface area (Å²) >= 11 is 0. The molecule has 0 bridgehead atoms. The molecule has 0 N–H and O–H groups in total. The average molecular weight is 245 g/mol. The van der Waals surface area contributed by atoms with E-state index in [1.807, 2.05) is 17.4 Å². The lowest BCUT2D eigenvalue weighted by molar-refractivity contribution is 0.327. The van der Waals surface area contributed by atoms with Gasteiger partial charge in [-0.25, -0.2) is 5.01 Å². The first-order chi connectivity index (χ1) is 8.18. The number of aliphatic imine (C=N–C) groups is 1. The lowest BCUT2D eigenvalue weighted by Crippen LogP contribution is -2.34. The van der Waals surface area contributed by atoms with Crippen LogP contribution in [0.1, 0.15) is 41.5 Å². The normalized spacial score (nSPS) is 23.7. The minimum absolute atomic E-state index is 0.0171. The zero-order chi connectivity index (χ0) is 13.6. The fraction of sp³-hybridized carbons (Fsp3) is 0.600. The van der Waals surface area contributed by atoms with Crippen LogP contribution in [0.4, 0.5) is 0 Å². The summed E-state index contributed by atoms with van der Waals surface area (Å²) < 4.78 is 0. The molecule has 0 saturated heterocycles. The molecule has 0 fully saturated rings. The third-order valence-corrected chi connectivity index (χ3v) is 3.22. The molecular weight excluding hydrogens is 222 g/mol. The maximum Gasteiger partial charge on any atom is 0.160 e. The first-order valence-corrected chi connectivity index (χ1v) is 6.49. The minimum atomic E-state index is 0.0171. The standard InChI is InChI=1S/C15H23N3/c1-14(2,3)11-9-13-17-12(15(4,5)6)7-8-18(13)16-10-11/h7-10,13H,1-6H3. The molecule has 0 aromatic carbocycles. The summed E-state index contributed by atoms with van der Waals surface area (Å²) in [6, 6.07) is 0. The highest BCUT2D eigenvalue weighted by Gasteiger charge is 2.27. The van der Waals surface area contributed by atoms with Gasteiger partial charge in [-0.3, -0.25) is 4.99 Å². The Bertz CT molecular complexity index is 411. The van der Waals surface area contributed by atoms with Crippen LogP contribution < -0.4 is 0 Å². The highest BCUT2D eigenvalue weighted by atomic mass is 15.5. The van der Waals surface area contributed by atoms with Crippen LogP contribution in [0.25, 0.3) is 0 Å². The van der Waals surface area contributed by atoms with E-state index in [0.29, 0.717) is 0 Å². The van der Waals surface area contributed by atoms with Crippen molar-refractivity contribution in [1.82, 2.24) is 5.01 Å². The summed E-state index contributed by atoms with van der Waals surface area (Å²) in [6.07, 6.45) is 8.25. The van der Waals surface area contributed by atoms with Gasteiger partial charge in [-0.15, -0.1) is 0 Å². The van der Waals surface area contributed by atoms with Gasteiger partial charge in [-0.05, 0) is 23.1 Å². The van der Waals surface area contributed by atoms with Crippen LogP contribution >= 0.6 is 0 Å². The molecule has 18 heavy (non-hydrogen) atoms. The van der Waals surface area contributed by atoms with Crippen LogP contribution in [0, 0.1) is 10.8 Å². The largest absolute Gasteiger partial charge is 0.258 e. The zero-order valence-corrected chi connectivity index (χ0v) is 12.2. The van der Waals surface area contributed by atoms with Crippen molar-refractivity contribution in [3.05, 3.63) is 23.9 Å². The molecule has 98 valence electrons. The molecule has 0 aromatic heterocycles. The van der Waals surface area contributed by atoms with E-state index < -0.39 is 0 Å². The van der Waals surface area contributed by atoms with Crippen LogP contribution in [0.2, 0.25) is 0 Å². The average Bonchev–Trinajstić information content (AvgIpc) is 2.25. The molecule has 0 amide bonds. The van der Waals surface area contributed by atoms with Gasteiger partial charge in [0, 0.05) is 17.3 Å². The number of fused-ring (bicyclic) bond motifs is 1. The van der Waals surface area contributed by atoms with Gasteiger partial charge in [0.05, 0.1) is 6.21 Å². The summed E-state index contributed by atoms with van der Waals surface area (Å²) in [4.78, 5) is 4.80. The number of hydrogen-bond acceptors (Lipinski definition) is 3. The van der Waals surface area contributed by atoms with Crippen molar-refractivity contribution in [2.45, 2.75) is 47.7 Å². The SMILES string of the molecule is CC(C)(C)C1=CC2N=C(C(C)(C)C)C=CN2N=C1. The van der Waals surface area contributed by atoms with Gasteiger partial charge in [-0.1, -0.05) is 41.5 Å². The second kappa shape index (κ2) is 4.08. The van der Waals surface area contributed by atoms with Gasteiger partial charge in [0.2, 0.25) is 0 Å². The summed E-state index contributed by atoms with van der Waals surface area (Å²) in [6.45, 7) is 13.2. The van der Waals surface area contributed by atoms with Gasteiger partial charge in [0.25, 0.3) is 0 Å². The van der Waals surface area contributed by atoms with Crippen LogP contribution in [-0.2, 0) is 0 Å². The zero-order valence-electron chi connectivity index (χ0n) is 12.2. The number of rotatable bonds is 0. The van der Waals surface area contributed by atoms with Gasteiger partial charge >= 0.3 is 0 Å². The highest BCUT2D eigenvalue weighted by Crippen LogP contribution is 2.30. The third kappa shape index (κ3) is 2.55. The molecule has 0 spiro atoms. The summed E-state index contributed by atoms with van der Waals surface area (Å²) in [5.74, 6) is 0. The molecule has 0 saturated carbocycles. The Morgan fingerprint density at radius 1 is 1.06 bits per heavy atom. The molecule has 0 aliphatic carbocycles. The molecule has 2 rings (SSSR count). The molecule has 0 radical (unpaired) electrons. The smallest absolute Gasteiger partial charge is 0.160 e. The van der Waals surface area contributed by atoms with Crippen molar-refractivity contribution < 1.29 is 0 Å². The Hall–Kier alpha value is -1.38. The quantitative estimate of drug-likeness (QED) is 0.641. The fourth-order valence-electron chi connectivity index (χ4n) is 1.92. The first kappa shape index (κ1) is 13.1. The van der Waals surface area contributed by atoms with Crippen LogP contribution in [-0.4, -0.2) is 23.1 Å². The molecule has 3 heteroatoms. The topological polar surface area (TPSA) is 28.0 Å². The van der Waals surface area contributed by atoms with Crippen molar-refractivity contribution in [2.24, 2.45) is 20.9 Å². The van der Waals surface area contributed by atoms with Gasteiger partial charge in [-0.2, -0.15) is 5.10 Å². The predicted molar refractivity (Wildman–Crippen MR) is 77.7 cm³/mol. The van der Waals surface area contributed by atoms with Gasteiger partial charge in [0.1, 0.15) is 0 Å². The van der Waals surface area contributed by atoms with E-state index in [2.05, 4.69) is 58.8 Å². The molecule has 2 heterocycles. The number of nitrogens with zero attached hydrogens (tertiary/aromatic N) is 3. The second-order valence-electron chi connectivity index (χ2n) is 6.99. The van der Waals surface area contributed by atoms with Crippen LogP contribution in [0.3, 0.4) is 0 Å². The molecule has 3 nitrogen and oxygen atoms in total. The number of hydrazone groups is 1. The van der Waals surface area contributed by atoms with E-state index in [1.165, 1.54) is 5.57 Å². The van der Waals surface area contributed by atoms with Crippen molar-refractivity contribution >= 4 is 11.9 Å². The maximum atomic E-state index is 4.80. The predicted octanol–water partition coefficient (Wildman–Crippen LogP) is 3.60. The second-order valence-corrected chi connectivity index (χ2v) is 6.99. The van der Waals surface area contributed by atoms with Crippen molar-refractivity contribution in [1.29, 1.82) is 0 Å². The molecule has 2 aliphatic rings. The number of allylic oxidation sites excluding steroid dienone is 2. The Morgan fingerprint density at radius 3 is 2.28 bits per heavy atom. The van der Waals surface area contributed by atoms with Crippen LogP contribution in [0.15, 0.2) is 34.0 Å². The summed E-state index contributed by atoms with van der Waals surface area (Å²) in [7, 11) is 0. The summed E-state index contributed by atoms with van der Waals surface area (Å²) in [5.41, 5.74) is 2.58. The lowest BCUT2D eigenvalue weighted by Gasteiger charge is -2.33. The Morgan fingerprint density at radius 2 is 1.72 bits per heavy atom. The minimum Gasteiger partial charge on any atom is -0.258 e. The monoisotopic (exact) mass is 245 g/mol. The van der Waals surface area contributed by atoms with Crippen LogP contribution in [0.5, 0.6) is 0 Å². The van der Waals surface area contributed by atoms with Gasteiger partial charge in [0.15, 0.2) is 6.17 Å².